The summed E-state index contributed by atoms with van der Waals surface area (Å²) < 4.78 is 4.99. The van der Waals surface area contributed by atoms with Crippen LogP contribution in [-0.4, -0.2) is 17.1 Å². The van der Waals surface area contributed by atoms with Crippen LogP contribution in [0.3, 0.4) is 0 Å². The maximum absolute atomic E-state index is 4.99. The summed E-state index contributed by atoms with van der Waals surface area (Å²) in [5.41, 5.74) is 1.93. The predicted octanol–water partition coefficient (Wildman–Crippen LogP) is 3.04. The molecular weight excluding hydrogens is 234 g/mol. The second-order valence-corrected chi connectivity index (χ2v) is 4.43. The number of thiazole rings is 1. The van der Waals surface area contributed by atoms with Crippen molar-refractivity contribution in [2.45, 2.75) is 6.92 Å². The summed E-state index contributed by atoms with van der Waals surface area (Å²) in [6, 6.07) is 3.88. The first-order chi connectivity index (χ1) is 8.20. The summed E-state index contributed by atoms with van der Waals surface area (Å²) in [5.74, 6) is 0.509. The van der Waals surface area contributed by atoms with E-state index >= 15 is 0 Å². The Kier molecular flexibility index (Phi) is 3.39. The van der Waals surface area contributed by atoms with E-state index in [1.807, 2.05) is 19.1 Å². The number of pyridine rings is 1. The van der Waals surface area contributed by atoms with Gasteiger partial charge in [0.25, 0.3) is 0 Å². The number of nitrogens with zero attached hydrogens (tertiary/aromatic N) is 2. The Morgan fingerprint density at radius 2 is 2.35 bits per heavy atom. The fraction of sp³-hybridized carbons (Fsp3) is 0.167. The van der Waals surface area contributed by atoms with Gasteiger partial charge in [-0.1, -0.05) is 11.3 Å². The molecule has 2 rings (SSSR count). The van der Waals surface area contributed by atoms with Crippen molar-refractivity contribution in [3.8, 4) is 10.6 Å². The Labute approximate surface area is 104 Å². The molecule has 0 bridgehead atoms. The van der Waals surface area contributed by atoms with Crippen molar-refractivity contribution < 1.29 is 4.74 Å². The smallest absolute Gasteiger partial charge is 0.183 e. The highest BCUT2D eigenvalue weighted by atomic mass is 32.1. The first-order valence-corrected chi connectivity index (χ1v) is 5.90. The first-order valence-electron chi connectivity index (χ1n) is 5.08. The summed E-state index contributed by atoms with van der Waals surface area (Å²) >= 11 is 1.55. The van der Waals surface area contributed by atoms with Gasteiger partial charge in [0.1, 0.15) is 10.0 Å². The number of nitrogens with one attached hydrogen (secondary N) is 1. The minimum atomic E-state index is 0.509. The Balaban J connectivity index is 2.28. The molecule has 4 nitrogen and oxygen atoms in total. The van der Waals surface area contributed by atoms with E-state index in [9.17, 15) is 0 Å². The molecule has 2 heterocycles. The molecule has 0 aliphatic carbocycles. The molecule has 0 amide bonds. The molecular formula is C12H13N3OS. The zero-order chi connectivity index (χ0) is 12.3. The van der Waals surface area contributed by atoms with Gasteiger partial charge in [0.15, 0.2) is 5.88 Å². The van der Waals surface area contributed by atoms with E-state index in [4.69, 9.17) is 4.74 Å². The molecule has 0 aliphatic heterocycles. The summed E-state index contributed by atoms with van der Waals surface area (Å²) in [4.78, 5) is 8.57. The molecule has 0 saturated heterocycles. The van der Waals surface area contributed by atoms with Crippen LogP contribution in [-0.2, 0) is 4.74 Å². The lowest BCUT2D eigenvalue weighted by Crippen LogP contribution is -1.98. The average Bonchev–Trinajstić information content (AvgIpc) is 2.72. The van der Waals surface area contributed by atoms with E-state index in [1.54, 1.807) is 30.8 Å². The maximum atomic E-state index is 4.99. The van der Waals surface area contributed by atoms with Gasteiger partial charge in [0.2, 0.25) is 0 Å². The normalized spacial score (nSPS) is 10.0. The lowest BCUT2D eigenvalue weighted by Gasteiger charge is -2.04. The van der Waals surface area contributed by atoms with Crippen LogP contribution in [0.4, 0.5) is 5.00 Å². The largest absolute Gasteiger partial charge is 0.483 e. The minimum Gasteiger partial charge on any atom is -0.483 e. The summed E-state index contributed by atoms with van der Waals surface area (Å²) in [6.45, 7) is 5.67. The van der Waals surface area contributed by atoms with Gasteiger partial charge in [-0.3, -0.25) is 4.98 Å². The second kappa shape index (κ2) is 4.97. The standard InChI is InChI=1S/C12H13N3OS/c1-8-11(15-9(2)16-3)17-12(14-8)10-5-4-6-13-7-10/h4-7,15H,2H2,1,3H3. The number of aromatic nitrogens is 2. The summed E-state index contributed by atoms with van der Waals surface area (Å²) in [7, 11) is 1.58. The van der Waals surface area contributed by atoms with E-state index in [-0.39, 0.29) is 0 Å². The molecule has 0 unspecified atom stereocenters. The average molecular weight is 247 g/mol. The summed E-state index contributed by atoms with van der Waals surface area (Å²) in [5, 5.41) is 4.94. The fourth-order valence-electron chi connectivity index (χ4n) is 1.30. The van der Waals surface area contributed by atoms with Gasteiger partial charge >= 0.3 is 0 Å². The SMILES string of the molecule is C=C(Nc1sc(-c2cccnc2)nc1C)OC. The summed E-state index contributed by atoms with van der Waals surface area (Å²) in [6.07, 6.45) is 3.54. The number of ether oxygens (including phenoxy) is 1. The Morgan fingerprint density at radius 1 is 1.53 bits per heavy atom. The number of anilines is 1. The van der Waals surface area contributed by atoms with Crippen molar-refractivity contribution in [3.05, 3.63) is 42.7 Å². The molecule has 88 valence electrons. The molecule has 0 aromatic carbocycles. The van der Waals surface area contributed by atoms with E-state index in [0.29, 0.717) is 5.88 Å². The number of aryl methyl sites for hydroxylation is 1. The molecule has 0 spiro atoms. The van der Waals surface area contributed by atoms with Crippen LogP contribution in [0.5, 0.6) is 0 Å². The van der Waals surface area contributed by atoms with E-state index in [1.165, 1.54) is 0 Å². The van der Waals surface area contributed by atoms with E-state index in [2.05, 4.69) is 21.9 Å². The van der Waals surface area contributed by atoms with Crippen molar-refractivity contribution in [2.24, 2.45) is 0 Å². The quantitative estimate of drug-likeness (QED) is 0.843. The highest BCUT2D eigenvalue weighted by Gasteiger charge is 2.09. The molecule has 0 radical (unpaired) electrons. The second-order valence-electron chi connectivity index (χ2n) is 3.43. The predicted molar refractivity (Wildman–Crippen MR) is 69.9 cm³/mol. The lowest BCUT2D eigenvalue weighted by molar-refractivity contribution is 0.300. The molecule has 17 heavy (non-hydrogen) atoms. The minimum absolute atomic E-state index is 0.509. The van der Waals surface area contributed by atoms with Crippen LogP contribution in [0.25, 0.3) is 10.6 Å². The van der Waals surface area contributed by atoms with Gasteiger partial charge in [-0.25, -0.2) is 4.98 Å². The third kappa shape index (κ3) is 2.62. The zero-order valence-corrected chi connectivity index (χ0v) is 10.5. The Bertz CT molecular complexity index is 522. The molecule has 5 heteroatoms. The number of rotatable bonds is 4. The molecule has 2 aromatic rings. The van der Waals surface area contributed by atoms with Crippen LogP contribution < -0.4 is 5.32 Å². The van der Waals surface area contributed by atoms with Crippen LogP contribution in [0.1, 0.15) is 5.69 Å². The topological polar surface area (TPSA) is 47.0 Å². The van der Waals surface area contributed by atoms with Gasteiger partial charge in [0.05, 0.1) is 12.8 Å². The van der Waals surface area contributed by atoms with Crippen molar-refractivity contribution in [1.82, 2.24) is 9.97 Å². The maximum Gasteiger partial charge on any atom is 0.183 e. The lowest BCUT2D eigenvalue weighted by atomic mass is 10.3. The van der Waals surface area contributed by atoms with Crippen LogP contribution in [0.15, 0.2) is 37.0 Å². The van der Waals surface area contributed by atoms with Gasteiger partial charge in [-0.2, -0.15) is 0 Å². The van der Waals surface area contributed by atoms with Crippen LogP contribution in [0, 0.1) is 6.92 Å². The number of hydrogen-bond acceptors (Lipinski definition) is 5. The number of hydrogen-bond donors (Lipinski definition) is 1. The van der Waals surface area contributed by atoms with Crippen LogP contribution in [0.2, 0.25) is 0 Å². The molecule has 0 aliphatic rings. The van der Waals surface area contributed by atoms with Gasteiger partial charge in [0, 0.05) is 18.0 Å². The van der Waals surface area contributed by atoms with Crippen molar-refractivity contribution in [3.63, 3.8) is 0 Å². The molecule has 0 saturated carbocycles. The fourth-order valence-corrected chi connectivity index (χ4v) is 2.28. The zero-order valence-electron chi connectivity index (χ0n) is 9.73. The third-order valence-electron chi connectivity index (χ3n) is 2.20. The molecule has 0 fully saturated rings. The Hall–Kier alpha value is -1.88. The van der Waals surface area contributed by atoms with Gasteiger partial charge in [-0.05, 0) is 25.6 Å². The van der Waals surface area contributed by atoms with Crippen molar-refractivity contribution in [2.75, 3.05) is 12.4 Å². The number of methoxy groups -OCH3 is 1. The monoisotopic (exact) mass is 247 g/mol. The van der Waals surface area contributed by atoms with Gasteiger partial charge in [-0.15, -0.1) is 0 Å². The van der Waals surface area contributed by atoms with Crippen LogP contribution >= 0.6 is 11.3 Å². The van der Waals surface area contributed by atoms with E-state index in [0.717, 1.165) is 21.3 Å². The third-order valence-corrected chi connectivity index (χ3v) is 3.33. The molecule has 2 aromatic heterocycles. The highest BCUT2D eigenvalue weighted by molar-refractivity contribution is 7.19. The van der Waals surface area contributed by atoms with E-state index < -0.39 is 0 Å². The highest BCUT2D eigenvalue weighted by Crippen LogP contribution is 2.31. The molecule has 0 atom stereocenters. The van der Waals surface area contributed by atoms with Crippen molar-refractivity contribution >= 4 is 16.3 Å². The molecule has 1 N–H and O–H groups in total. The first kappa shape index (κ1) is 11.6. The van der Waals surface area contributed by atoms with Crippen molar-refractivity contribution in [1.29, 1.82) is 0 Å². The van der Waals surface area contributed by atoms with Gasteiger partial charge < -0.3 is 10.1 Å². The Morgan fingerprint density at radius 3 is 3.00 bits per heavy atom.